The number of rotatable bonds is 8. The second-order valence-corrected chi connectivity index (χ2v) is 7.37. The van der Waals surface area contributed by atoms with E-state index in [0.29, 0.717) is 6.07 Å². The van der Waals surface area contributed by atoms with Crippen molar-refractivity contribution >= 4 is 40.5 Å². The minimum Gasteiger partial charge on any atom is -0.495 e. The molecule has 0 aliphatic rings. The van der Waals surface area contributed by atoms with Crippen LogP contribution in [-0.2, 0) is 15.8 Å². The van der Waals surface area contributed by atoms with Crippen LogP contribution in [0.2, 0.25) is 5.02 Å². The zero-order valence-electron chi connectivity index (χ0n) is 17.7. The van der Waals surface area contributed by atoms with Gasteiger partial charge >= 0.3 is 6.18 Å². The van der Waals surface area contributed by atoms with E-state index in [1.165, 1.54) is 44.2 Å². The molecule has 2 aromatic rings. The molecule has 0 aromatic heterocycles. The minimum atomic E-state index is -4.69. The van der Waals surface area contributed by atoms with E-state index in [9.17, 15) is 32.9 Å². The highest BCUT2D eigenvalue weighted by Gasteiger charge is 2.33. The molecule has 0 bridgehead atoms. The Morgan fingerprint density at radius 2 is 1.88 bits per heavy atom. The van der Waals surface area contributed by atoms with Crippen LogP contribution < -0.4 is 15.4 Å². The third kappa shape index (κ3) is 6.80. The molecule has 1 unspecified atom stereocenters. The number of nitrogens with zero attached hydrogens (tertiary/aromatic N) is 2. The van der Waals surface area contributed by atoms with Gasteiger partial charge in [-0.1, -0.05) is 11.6 Å². The number of nitrogens with one attached hydrogen (secondary N) is 2. The smallest absolute Gasteiger partial charge is 0.417 e. The first-order valence-corrected chi connectivity index (χ1v) is 9.71. The largest absolute Gasteiger partial charge is 0.495 e. The molecule has 0 radical (unpaired) electrons. The number of carbonyl (C=O) groups is 2. The summed E-state index contributed by atoms with van der Waals surface area (Å²) in [6.45, 7) is 1.15. The Morgan fingerprint density at radius 3 is 2.45 bits per heavy atom. The van der Waals surface area contributed by atoms with Gasteiger partial charge in [-0.15, -0.1) is 0 Å². The van der Waals surface area contributed by atoms with Crippen molar-refractivity contribution < 1.29 is 32.4 Å². The Hall–Kier alpha value is -3.38. The van der Waals surface area contributed by atoms with E-state index < -0.39 is 39.5 Å². The first-order chi connectivity index (χ1) is 15.3. The van der Waals surface area contributed by atoms with E-state index in [1.54, 1.807) is 0 Å². The van der Waals surface area contributed by atoms with Crippen molar-refractivity contribution in [2.45, 2.75) is 19.1 Å². The topological polar surface area (TPSA) is 114 Å². The van der Waals surface area contributed by atoms with Crippen LogP contribution in [0.4, 0.5) is 30.2 Å². The van der Waals surface area contributed by atoms with Crippen LogP contribution in [0.15, 0.2) is 36.4 Å². The fraction of sp³-hybridized carbons (Fsp3) is 0.300. The highest BCUT2D eigenvalue weighted by molar-refractivity contribution is 6.31. The van der Waals surface area contributed by atoms with Crippen LogP contribution in [0.5, 0.6) is 5.75 Å². The average molecular weight is 489 g/mol. The van der Waals surface area contributed by atoms with Gasteiger partial charge in [0.1, 0.15) is 5.75 Å². The molecule has 9 nitrogen and oxygen atoms in total. The number of likely N-dealkylation sites (N-methyl/N-ethyl adjacent to an activating group) is 1. The highest BCUT2D eigenvalue weighted by atomic mass is 35.5. The molecule has 2 amide bonds. The predicted octanol–water partition coefficient (Wildman–Crippen LogP) is 4.17. The minimum absolute atomic E-state index is 0.0715. The fourth-order valence-electron chi connectivity index (χ4n) is 2.73. The van der Waals surface area contributed by atoms with Gasteiger partial charge in [-0.2, -0.15) is 13.2 Å². The van der Waals surface area contributed by atoms with E-state index >= 15 is 0 Å². The lowest BCUT2D eigenvalue weighted by atomic mass is 10.2. The molecular weight excluding hydrogens is 469 g/mol. The Labute approximate surface area is 191 Å². The lowest BCUT2D eigenvalue weighted by Crippen LogP contribution is -2.43. The summed E-state index contributed by atoms with van der Waals surface area (Å²) in [6, 6.07) is 5.76. The standard InChI is InChI=1S/C20H20ClF3N4O5/c1-11(19(30)26-16-9-13(28(31)32)5-7-17(16)33-3)27(2)10-18(29)25-12-4-6-15(21)14(8-12)20(22,23)24/h4-9,11H,10H2,1-3H3,(H,25,29)(H,26,30). The van der Waals surface area contributed by atoms with Crippen molar-refractivity contribution in [1.82, 2.24) is 4.90 Å². The summed E-state index contributed by atoms with van der Waals surface area (Å²) in [6.07, 6.45) is -4.69. The zero-order chi connectivity index (χ0) is 24.9. The van der Waals surface area contributed by atoms with Crippen molar-refractivity contribution in [3.8, 4) is 5.75 Å². The highest BCUT2D eigenvalue weighted by Crippen LogP contribution is 2.36. The third-order valence-electron chi connectivity index (χ3n) is 4.64. The molecule has 13 heteroatoms. The summed E-state index contributed by atoms with van der Waals surface area (Å²) in [4.78, 5) is 36.6. The van der Waals surface area contributed by atoms with Crippen LogP contribution in [-0.4, -0.2) is 48.4 Å². The maximum absolute atomic E-state index is 13.0. The quantitative estimate of drug-likeness (QED) is 0.426. The van der Waals surface area contributed by atoms with Crippen molar-refractivity contribution in [3.63, 3.8) is 0 Å². The first-order valence-electron chi connectivity index (χ1n) is 9.33. The normalized spacial score (nSPS) is 12.2. The number of hydrogen-bond acceptors (Lipinski definition) is 6. The number of hydrogen-bond donors (Lipinski definition) is 2. The molecule has 33 heavy (non-hydrogen) atoms. The van der Waals surface area contributed by atoms with E-state index in [0.717, 1.165) is 12.1 Å². The molecule has 0 saturated heterocycles. The summed E-state index contributed by atoms with van der Waals surface area (Å²) in [5, 5.41) is 15.3. The van der Waals surface area contributed by atoms with E-state index in [1.807, 2.05) is 0 Å². The number of amides is 2. The van der Waals surface area contributed by atoms with E-state index in [4.69, 9.17) is 16.3 Å². The number of non-ortho nitro benzene ring substituents is 1. The van der Waals surface area contributed by atoms with Gasteiger partial charge in [-0.25, -0.2) is 0 Å². The number of anilines is 2. The van der Waals surface area contributed by atoms with Crippen molar-refractivity contribution in [1.29, 1.82) is 0 Å². The summed E-state index contributed by atoms with van der Waals surface area (Å²) >= 11 is 5.56. The number of alkyl halides is 3. The number of benzene rings is 2. The predicted molar refractivity (Wildman–Crippen MR) is 115 cm³/mol. The Kier molecular flexibility index (Phi) is 8.23. The number of halogens is 4. The van der Waals surface area contributed by atoms with Crippen molar-refractivity contribution in [2.75, 3.05) is 31.3 Å². The lowest BCUT2D eigenvalue weighted by Gasteiger charge is -2.23. The van der Waals surface area contributed by atoms with Gasteiger partial charge in [0.25, 0.3) is 5.69 Å². The van der Waals surface area contributed by atoms with E-state index in [-0.39, 0.29) is 29.4 Å². The van der Waals surface area contributed by atoms with Gasteiger partial charge in [0, 0.05) is 17.8 Å². The Morgan fingerprint density at radius 1 is 1.21 bits per heavy atom. The third-order valence-corrected chi connectivity index (χ3v) is 4.97. The van der Waals surface area contributed by atoms with Gasteiger partial charge in [-0.3, -0.25) is 24.6 Å². The second-order valence-electron chi connectivity index (χ2n) is 6.96. The van der Waals surface area contributed by atoms with Crippen LogP contribution in [0.1, 0.15) is 12.5 Å². The number of ether oxygens (including phenoxy) is 1. The molecular formula is C20H20ClF3N4O5. The van der Waals surface area contributed by atoms with Gasteiger partial charge in [-0.05, 0) is 38.2 Å². The molecule has 178 valence electrons. The number of nitro groups is 1. The molecule has 1 atom stereocenters. The number of carbonyl (C=O) groups excluding carboxylic acids is 2. The molecule has 0 fully saturated rings. The fourth-order valence-corrected chi connectivity index (χ4v) is 2.95. The van der Waals surface area contributed by atoms with Crippen molar-refractivity contribution in [3.05, 3.63) is 57.1 Å². The number of methoxy groups -OCH3 is 1. The van der Waals surface area contributed by atoms with Gasteiger partial charge in [0.05, 0.1) is 40.9 Å². The second kappa shape index (κ2) is 10.5. The van der Waals surface area contributed by atoms with Gasteiger partial charge in [0.2, 0.25) is 11.8 Å². The SMILES string of the molecule is COc1ccc([N+](=O)[O-])cc1NC(=O)C(C)N(C)CC(=O)Nc1ccc(Cl)c(C(F)(F)F)c1. The van der Waals surface area contributed by atoms with Gasteiger partial charge < -0.3 is 15.4 Å². The molecule has 0 spiro atoms. The number of nitro benzene ring substituents is 1. The van der Waals surface area contributed by atoms with Gasteiger partial charge in [0.15, 0.2) is 0 Å². The molecule has 0 aliphatic carbocycles. The zero-order valence-corrected chi connectivity index (χ0v) is 18.5. The maximum Gasteiger partial charge on any atom is 0.417 e. The van der Waals surface area contributed by atoms with Crippen LogP contribution in [0.3, 0.4) is 0 Å². The Bertz CT molecular complexity index is 1060. The lowest BCUT2D eigenvalue weighted by molar-refractivity contribution is -0.384. The van der Waals surface area contributed by atoms with Crippen LogP contribution in [0.25, 0.3) is 0 Å². The Balaban J connectivity index is 2.05. The maximum atomic E-state index is 13.0. The first kappa shape index (κ1) is 25.9. The average Bonchev–Trinajstić information content (AvgIpc) is 2.73. The van der Waals surface area contributed by atoms with E-state index in [2.05, 4.69) is 10.6 Å². The molecule has 2 N–H and O–H groups in total. The molecule has 0 aliphatic heterocycles. The molecule has 0 heterocycles. The monoisotopic (exact) mass is 488 g/mol. The summed E-state index contributed by atoms with van der Waals surface area (Å²) in [5.41, 5.74) is -1.38. The van der Waals surface area contributed by atoms with Crippen LogP contribution in [0, 0.1) is 10.1 Å². The summed E-state index contributed by atoms with van der Waals surface area (Å²) in [7, 11) is 2.79. The van der Waals surface area contributed by atoms with Crippen LogP contribution >= 0.6 is 11.6 Å². The molecule has 2 aromatic carbocycles. The van der Waals surface area contributed by atoms with Crippen molar-refractivity contribution in [2.24, 2.45) is 0 Å². The molecule has 2 rings (SSSR count). The molecule has 0 saturated carbocycles. The summed E-state index contributed by atoms with van der Waals surface area (Å²) < 4.78 is 44.0. The summed E-state index contributed by atoms with van der Waals surface area (Å²) in [5.74, 6) is -1.06.